The molecule has 0 radical (unpaired) electrons. The van der Waals surface area contributed by atoms with Crippen LogP contribution in [0.25, 0.3) is 22.2 Å². The van der Waals surface area contributed by atoms with E-state index in [4.69, 9.17) is 14.5 Å². The fourth-order valence-corrected chi connectivity index (χ4v) is 5.21. The number of allylic oxidation sites excluding steroid dienone is 2. The normalized spacial score (nSPS) is 15.5. The van der Waals surface area contributed by atoms with Crippen LogP contribution < -0.4 is 5.32 Å². The number of benzene rings is 2. The van der Waals surface area contributed by atoms with Crippen LogP contribution in [-0.2, 0) is 27.7 Å². The quantitative estimate of drug-likeness (QED) is 0.201. The largest absolute Gasteiger partial charge is 0.418 e. The first-order valence-corrected chi connectivity index (χ1v) is 14.2. The van der Waals surface area contributed by atoms with Crippen molar-refractivity contribution in [2.45, 2.75) is 45.4 Å². The summed E-state index contributed by atoms with van der Waals surface area (Å²) in [6, 6.07) is 15.3. The lowest BCUT2D eigenvalue weighted by Gasteiger charge is -2.24. The molecule has 1 atom stereocenters. The van der Waals surface area contributed by atoms with Crippen LogP contribution in [0, 0.1) is 5.92 Å². The van der Waals surface area contributed by atoms with Crippen molar-refractivity contribution in [3.05, 3.63) is 102 Å². The van der Waals surface area contributed by atoms with Crippen molar-refractivity contribution < 1.29 is 22.6 Å². The number of hydrogen-bond donors (Lipinski definition) is 1. The molecule has 0 aliphatic heterocycles. The van der Waals surface area contributed by atoms with Crippen LogP contribution in [0.4, 0.5) is 24.7 Å². The molecule has 0 amide bonds. The minimum atomic E-state index is -4.54. The van der Waals surface area contributed by atoms with E-state index in [1.165, 1.54) is 12.3 Å². The number of alkyl halides is 3. The Morgan fingerprint density at radius 2 is 1.79 bits per heavy atom. The first-order valence-electron chi connectivity index (χ1n) is 14.2. The van der Waals surface area contributed by atoms with Gasteiger partial charge >= 0.3 is 6.18 Å². The molecule has 0 saturated heterocycles. The molecule has 43 heavy (non-hydrogen) atoms. The predicted octanol–water partition coefficient (Wildman–Crippen LogP) is 8.42. The number of pyridine rings is 1. The van der Waals surface area contributed by atoms with E-state index in [-0.39, 0.29) is 17.7 Å². The molecule has 0 bridgehead atoms. The highest BCUT2D eigenvalue weighted by molar-refractivity contribution is 5.93. The average molecular weight is 589 g/mol. The van der Waals surface area contributed by atoms with E-state index in [1.54, 1.807) is 25.3 Å². The lowest BCUT2D eigenvalue weighted by Crippen LogP contribution is -2.23. The molecule has 0 fully saturated rings. The highest BCUT2D eigenvalue weighted by Crippen LogP contribution is 2.37. The lowest BCUT2D eigenvalue weighted by atomic mass is 9.85. The maximum absolute atomic E-state index is 13.8. The Bertz CT molecular complexity index is 1650. The molecule has 2 heterocycles. The van der Waals surface area contributed by atoms with Gasteiger partial charge in [0.05, 0.1) is 30.0 Å². The Labute approximate surface area is 249 Å². The molecule has 5 rings (SSSR count). The van der Waals surface area contributed by atoms with E-state index in [0.29, 0.717) is 47.2 Å². The summed E-state index contributed by atoms with van der Waals surface area (Å²) in [5.74, 6) is 1.39. The third-order valence-electron chi connectivity index (χ3n) is 7.40. The summed E-state index contributed by atoms with van der Waals surface area (Å²) in [7, 11) is 1.69. The van der Waals surface area contributed by atoms with Crippen LogP contribution in [0.1, 0.15) is 44.1 Å². The summed E-state index contributed by atoms with van der Waals surface area (Å²) in [4.78, 5) is 13.5. The van der Waals surface area contributed by atoms with Crippen molar-refractivity contribution in [2.24, 2.45) is 5.92 Å². The van der Waals surface area contributed by atoms with Crippen molar-refractivity contribution in [3.63, 3.8) is 0 Å². The zero-order valence-corrected chi connectivity index (χ0v) is 24.7. The van der Waals surface area contributed by atoms with Gasteiger partial charge in [-0.2, -0.15) is 13.2 Å². The second kappa shape index (κ2) is 12.7. The molecule has 9 heteroatoms. The van der Waals surface area contributed by atoms with Gasteiger partial charge in [-0.1, -0.05) is 57.2 Å². The minimum Gasteiger partial charge on any atom is -0.384 e. The standard InChI is InChI=1S/C34H35F3N4O2/c1-22-7-5-8-23(17-22)19-43-20-30-40-29-18-24(31-28(34(35,36)37)9-6-16-38-31)10-15-27(29)32(41-30)39-26-13-11-25(12-14-26)33(2,3)21-42-4/h5-6,8-18,22H,7,19-21H2,1-4H3,(H,39,40,41). The molecule has 6 nitrogen and oxygen atoms in total. The Balaban J connectivity index is 1.49. The van der Waals surface area contributed by atoms with Gasteiger partial charge in [0.15, 0.2) is 5.82 Å². The number of hydrogen-bond acceptors (Lipinski definition) is 6. The number of halogens is 3. The van der Waals surface area contributed by atoms with E-state index in [9.17, 15) is 13.2 Å². The fourth-order valence-electron chi connectivity index (χ4n) is 5.21. The molecular weight excluding hydrogens is 553 g/mol. The summed E-state index contributed by atoms with van der Waals surface area (Å²) in [6.07, 6.45) is 4.19. The number of nitrogens with one attached hydrogen (secondary N) is 1. The number of aromatic nitrogens is 3. The van der Waals surface area contributed by atoms with Crippen molar-refractivity contribution in [1.82, 2.24) is 15.0 Å². The van der Waals surface area contributed by atoms with Gasteiger partial charge in [-0.15, -0.1) is 0 Å². The van der Waals surface area contributed by atoms with Gasteiger partial charge in [0.25, 0.3) is 0 Å². The molecule has 1 aliphatic rings. The molecule has 224 valence electrons. The van der Waals surface area contributed by atoms with Crippen LogP contribution in [0.5, 0.6) is 0 Å². The topological polar surface area (TPSA) is 69.2 Å². The average Bonchev–Trinajstić information content (AvgIpc) is 2.97. The van der Waals surface area contributed by atoms with E-state index >= 15 is 0 Å². The van der Waals surface area contributed by atoms with Gasteiger partial charge in [0, 0.05) is 35.4 Å². The first kappa shape index (κ1) is 30.4. The first-order chi connectivity index (χ1) is 20.5. The zero-order chi connectivity index (χ0) is 30.6. The van der Waals surface area contributed by atoms with Crippen molar-refractivity contribution in [2.75, 3.05) is 25.6 Å². The Morgan fingerprint density at radius 3 is 2.51 bits per heavy atom. The third kappa shape index (κ3) is 7.29. The maximum Gasteiger partial charge on any atom is 0.418 e. The fraction of sp³-hybridized carbons (Fsp3) is 0.324. The minimum absolute atomic E-state index is 0.135. The Morgan fingerprint density at radius 1 is 1.00 bits per heavy atom. The summed E-state index contributed by atoms with van der Waals surface area (Å²) >= 11 is 0. The maximum atomic E-state index is 13.8. The Kier molecular flexibility index (Phi) is 8.94. The second-order valence-corrected chi connectivity index (χ2v) is 11.5. The highest BCUT2D eigenvalue weighted by Gasteiger charge is 2.34. The van der Waals surface area contributed by atoms with Crippen LogP contribution in [0.15, 0.2) is 84.6 Å². The number of ether oxygens (including phenoxy) is 2. The van der Waals surface area contributed by atoms with Crippen LogP contribution in [0.2, 0.25) is 0 Å². The molecule has 1 N–H and O–H groups in total. The molecule has 2 aromatic heterocycles. The summed E-state index contributed by atoms with van der Waals surface area (Å²) in [5, 5.41) is 4.04. The van der Waals surface area contributed by atoms with Gasteiger partial charge in [-0.05, 0) is 59.9 Å². The van der Waals surface area contributed by atoms with Gasteiger partial charge < -0.3 is 14.8 Å². The number of nitrogens with zero attached hydrogens (tertiary/aromatic N) is 3. The molecule has 0 spiro atoms. The monoisotopic (exact) mass is 588 g/mol. The number of anilines is 2. The molecular formula is C34H35F3N4O2. The predicted molar refractivity (Wildman–Crippen MR) is 163 cm³/mol. The van der Waals surface area contributed by atoms with E-state index in [1.807, 2.05) is 24.3 Å². The van der Waals surface area contributed by atoms with Crippen LogP contribution in [-0.4, -0.2) is 35.3 Å². The van der Waals surface area contributed by atoms with Gasteiger partial charge in [-0.25, -0.2) is 9.97 Å². The van der Waals surface area contributed by atoms with Gasteiger partial charge in [-0.3, -0.25) is 4.98 Å². The van der Waals surface area contributed by atoms with Crippen molar-refractivity contribution in [3.8, 4) is 11.3 Å². The third-order valence-corrected chi connectivity index (χ3v) is 7.40. The summed E-state index contributed by atoms with van der Waals surface area (Å²) < 4.78 is 52.7. The molecule has 1 aliphatic carbocycles. The highest BCUT2D eigenvalue weighted by atomic mass is 19.4. The molecule has 1 unspecified atom stereocenters. The van der Waals surface area contributed by atoms with Gasteiger partial charge in [0.1, 0.15) is 12.4 Å². The van der Waals surface area contributed by atoms with Crippen molar-refractivity contribution >= 4 is 22.4 Å². The number of rotatable bonds is 10. The SMILES string of the molecule is COCC(C)(C)c1ccc(Nc2nc(COCC3=CC(C)CC=C3)nc3cc(-c4ncccc4C(F)(F)F)ccc23)cc1. The van der Waals surface area contributed by atoms with Crippen LogP contribution >= 0.6 is 0 Å². The number of fused-ring (bicyclic) bond motifs is 1. The zero-order valence-electron chi connectivity index (χ0n) is 24.7. The van der Waals surface area contributed by atoms with Crippen LogP contribution in [0.3, 0.4) is 0 Å². The Hall–Kier alpha value is -4.08. The van der Waals surface area contributed by atoms with E-state index in [2.05, 4.69) is 54.3 Å². The van der Waals surface area contributed by atoms with Gasteiger partial charge in [0.2, 0.25) is 0 Å². The second-order valence-electron chi connectivity index (χ2n) is 11.5. The smallest absolute Gasteiger partial charge is 0.384 e. The molecule has 2 aromatic carbocycles. The van der Waals surface area contributed by atoms with Crippen molar-refractivity contribution in [1.29, 1.82) is 0 Å². The summed E-state index contributed by atoms with van der Waals surface area (Å²) in [5.41, 5.74) is 2.71. The summed E-state index contributed by atoms with van der Waals surface area (Å²) in [6.45, 7) is 7.52. The number of methoxy groups -OCH3 is 1. The molecule has 4 aromatic rings. The molecule has 0 saturated carbocycles. The lowest BCUT2D eigenvalue weighted by molar-refractivity contribution is -0.137. The van der Waals surface area contributed by atoms with E-state index < -0.39 is 11.7 Å². The van der Waals surface area contributed by atoms with E-state index in [0.717, 1.165) is 29.3 Å².